The Labute approximate surface area is 132 Å². The fourth-order valence-corrected chi connectivity index (χ4v) is 3.68. The molecule has 2 fully saturated rings. The molecule has 0 bridgehead atoms. The number of thiol groups is 6. The van der Waals surface area contributed by atoms with Gasteiger partial charge >= 0.3 is 0 Å². The fourth-order valence-electron chi connectivity index (χ4n) is 1.91. The van der Waals surface area contributed by atoms with Crippen molar-refractivity contribution < 1.29 is 0 Å². The van der Waals surface area contributed by atoms with Gasteiger partial charge in [-0.3, -0.25) is 0 Å². The molecule has 0 radical (unpaired) electrons. The molecule has 0 aliphatic heterocycles. The maximum Gasteiger partial charge on any atom is 0.0667 e. The minimum atomic E-state index is -0.0941. The highest BCUT2D eigenvalue weighted by atomic mass is 32.2. The van der Waals surface area contributed by atoms with E-state index in [4.69, 9.17) is 0 Å². The zero-order valence-corrected chi connectivity index (χ0v) is 14.4. The van der Waals surface area contributed by atoms with Gasteiger partial charge in [0.05, 0.1) is 8.16 Å². The molecule has 2 rings (SSSR count). The third kappa shape index (κ3) is 4.65. The Kier molecular flexibility index (Phi) is 6.57. The number of rotatable bonds is 0. The van der Waals surface area contributed by atoms with Gasteiger partial charge in [0.15, 0.2) is 0 Å². The molecule has 0 aromatic carbocycles. The second-order valence-corrected chi connectivity index (χ2v) is 9.72. The maximum atomic E-state index is 4.33. The second-order valence-electron chi connectivity index (χ2n) is 4.57. The van der Waals surface area contributed by atoms with E-state index < -0.39 is 0 Å². The second kappa shape index (κ2) is 6.51. The third-order valence-electron chi connectivity index (χ3n) is 3.11. The van der Waals surface area contributed by atoms with E-state index in [0.29, 0.717) is 10.5 Å². The van der Waals surface area contributed by atoms with E-state index in [1.807, 2.05) is 0 Å². The van der Waals surface area contributed by atoms with Crippen LogP contribution in [0.15, 0.2) is 0 Å². The Morgan fingerprint density at radius 1 is 0.688 bits per heavy atom. The summed E-state index contributed by atoms with van der Waals surface area (Å²) in [5, 5.41) is 0.767. The SMILES string of the molecule is SC1CCCC1(S)S.SC1CCCC1(S)S. The highest BCUT2D eigenvalue weighted by Gasteiger charge is 2.34. The molecule has 0 heterocycles. The predicted octanol–water partition coefficient (Wildman–Crippen LogP) is 4.05. The summed E-state index contributed by atoms with van der Waals surface area (Å²) in [5.41, 5.74) is 0. The summed E-state index contributed by atoms with van der Waals surface area (Å²) in [5.74, 6) is 0. The smallest absolute Gasteiger partial charge is 0.0667 e. The minimum Gasteiger partial charge on any atom is -0.174 e. The van der Waals surface area contributed by atoms with Crippen molar-refractivity contribution >= 4 is 75.8 Å². The largest absolute Gasteiger partial charge is 0.174 e. The van der Waals surface area contributed by atoms with Crippen LogP contribution < -0.4 is 0 Å². The van der Waals surface area contributed by atoms with Crippen LogP contribution in [0, 0.1) is 0 Å². The molecule has 2 aliphatic rings. The van der Waals surface area contributed by atoms with Crippen LogP contribution in [-0.4, -0.2) is 18.7 Å². The van der Waals surface area contributed by atoms with E-state index in [-0.39, 0.29) is 8.16 Å². The van der Waals surface area contributed by atoms with Gasteiger partial charge in [-0.15, -0.1) is 0 Å². The zero-order chi connectivity index (χ0) is 12.4. The molecule has 2 atom stereocenters. The Bertz CT molecular complexity index is 203. The van der Waals surface area contributed by atoms with Crippen LogP contribution in [-0.2, 0) is 0 Å². The lowest BCUT2D eigenvalue weighted by Crippen LogP contribution is -2.18. The van der Waals surface area contributed by atoms with Crippen molar-refractivity contribution in [3.05, 3.63) is 0 Å². The monoisotopic (exact) mass is 332 g/mol. The summed E-state index contributed by atoms with van der Waals surface area (Å²) in [6.07, 6.45) is 6.95. The van der Waals surface area contributed by atoms with E-state index >= 15 is 0 Å². The fraction of sp³-hybridized carbons (Fsp3) is 1.00. The lowest BCUT2D eigenvalue weighted by molar-refractivity contribution is 0.870. The molecule has 0 aromatic rings. The molecule has 0 nitrogen and oxygen atoms in total. The van der Waals surface area contributed by atoms with Crippen molar-refractivity contribution in [1.82, 2.24) is 0 Å². The highest BCUT2D eigenvalue weighted by Crippen LogP contribution is 2.42. The van der Waals surface area contributed by atoms with Gasteiger partial charge in [-0.1, -0.05) is 12.8 Å². The van der Waals surface area contributed by atoms with Crippen LogP contribution >= 0.6 is 75.8 Å². The van der Waals surface area contributed by atoms with Crippen molar-refractivity contribution in [3.8, 4) is 0 Å². The number of hydrogen-bond acceptors (Lipinski definition) is 6. The Morgan fingerprint density at radius 2 is 1.00 bits per heavy atom. The van der Waals surface area contributed by atoms with Gasteiger partial charge in [-0.05, 0) is 25.7 Å². The first-order valence-electron chi connectivity index (χ1n) is 5.51. The molecule has 0 spiro atoms. The highest BCUT2D eigenvalue weighted by molar-refractivity contribution is 8.02. The summed E-state index contributed by atoms with van der Waals surface area (Å²) in [6, 6.07) is 0. The minimum absolute atomic E-state index is 0.0941. The Balaban J connectivity index is 0.000000160. The van der Waals surface area contributed by atoms with E-state index in [0.717, 1.165) is 25.7 Å². The van der Waals surface area contributed by atoms with E-state index in [1.165, 1.54) is 12.8 Å². The molecular weight excluding hydrogens is 313 g/mol. The molecule has 2 saturated carbocycles. The zero-order valence-electron chi connectivity index (χ0n) is 9.08. The summed E-state index contributed by atoms with van der Waals surface area (Å²) in [7, 11) is 0. The van der Waals surface area contributed by atoms with Crippen LogP contribution in [0.5, 0.6) is 0 Å². The molecule has 0 aromatic heterocycles. The summed E-state index contributed by atoms with van der Waals surface area (Å²) < 4.78 is -0.188. The first-order valence-corrected chi connectivity index (χ1v) is 8.33. The van der Waals surface area contributed by atoms with E-state index in [2.05, 4.69) is 75.8 Å². The summed E-state index contributed by atoms with van der Waals surface area (Å²) in [6.45, 7) is 0. The Morgan fingerprint density at radius 3 is 1.06 bits per heavy atom. The van der Waals surface area contributed by atoms with Crippen LogP contribution in [0.3, 0.4) is 0 Å². The van der Waals surface area contributed by atoms with Gasteiger partial charge in [0.2, 0.25) is 0 Å². The van der Waals surface area contributed by atoms with E-state index in [1.54, 1.807) is 0 Å². The van der Waals surface area contributed by atoms with Crippen molar-refractivity contribution in [1.29, 1.82) is 0 Å². The molecular formula is C10H20S6. The molecule has 16 heavy (non-hydrogen) atoms. The van der Waals surface area contributed by atoms with Crippen LogP contribution in [0.1, 0.15) is 38.5 Å². The average molecular weight is 333 g/mol. The maximum absolute atomic E-state index is 4.33. The van der Waals surface area contributed by atoms with Gasteiger partial charge in [0.25, 0.3) is 0 Å². The lowest BCUT2D eigenvalue weighted by Gasteiger charge is -2.19. The summed E-state index contributed by atoms with van der Waals surface area (Å²) >= 11 is 26.0. The predicted molar refractivity (Wildman–Crippen MR) is 94.7 cm³/mol. The van der Waals surface area contributed by atoms with Gasteiger partial charge < -0.3 is 0 Å². The van der Waals surface area contributed by atoms with Crippen LogP contribution in [0.25, 0.3) is 0 Å². The normalized spacial score (nSPS) is 35.6. The van der Waals surface area contributed by atoms with Crippen molar-refractivity contribution in [2.75, 3.05) is 0 Å². The average Bonchev–Trinajstić information content (AvgIpc) is 2.60. The molecule has 0 saturated heterocycles. The topological polar surface area (TPSA) is 0 Å². The van der Waals surface area contributed by atoms with Crippen LogP contribution in [0.2, 0.25) is 0 Å². The molecule has 2 aliphatic carbocycles. The first-order chi connectivity index (χ1) is 7.26. The standard InChI is InChI=1S/2C5H10S3/c2*6-4-2-1-3-5(4,7)8/h2*4,6-8H,1-3H2. The molecule has 0 N–H and O–H groups in total. The van der Waals surface area contributed by atoms with E-state index in [9.17, 15) is 0 Å². The van der Waals surface area contributed by atoms with Gasteiger partial charge in [0, 0.05) is 10.5 Å². The third-order valence-corrected chi connectivity index (χ3v) is 7.47. The van der Waals surface area contributed by atoms with Gasteiger partial charge in [-0.25, -0.2) is 0 Å². The van der Waals surface area contributed by atoms with Crippen molar-refractivity contribution in [3.63, 3.8) is 0 Å². The molecule has 6 heteroatoms. The van der Waals surface area contributed by atoms with Gasteiger partial charge in [-0.2, -0.15) is 75.8 Å². The Hall–Kier alpha value is 2.10. The lowest BCUT2D eigenvalue weighted by atomic mass is 10.3. The van der Waals surface area contributed by atoms with Crippen LogP contribution in [0.4, 0.5) is 0 Å². The molecule has 96 valence electrons. The van der Waals surface area contributed by atoms with Crippen molar-refractivity contribution in [2.45, 2.75) is 57.2 Å². The van der Waals surface area contributed by atoms with Crippen molar-refractivity contribution in [2.24, 2.45) is 0 Å². The first kappa shape index (κ1) is 16.2. The summed E-state index contributed by atoms with van der Waals surface area (Å²) in [4.78, 5) is 0. The molecule has 2 unspecified atom stereocenters. The van der Waals surface area contributed by atoms with Gasteiger partial charge in [0.1, 0.15) is 0 Å². The quantitative estimate of drug-likeness (QED) is 0.280. The molecule has 0 amide bonds. The number of hydrogen-bond donors (Lipinski definition) is 6.